The van der Waals surface area contributed by atoms with Crippen LogP contribution in [-0.4, -0.2) is 34.1 Å². The number of rotatable bonds is 6. The summed E-state index contributed by atoms with van der Waals surface area (Å²) in [6.45, 7) is 0. The molecule has 6 nitrogen and oxygen atoms in total. The first-order chi connectivity index (χ1) is 9.85. The van der Waals surface area contributed by atoms with Gasteiger partial charge in [0.05, 0.1) is 11.8 Å². The molecule has 0 radical (unpaired) electrons. The van der Waals surface area contributed by atoms with Gasteiger partial charge in [0.1, 0.15) is 6.04 Å². The van der Waals surface area contributed by atoms with E-state index in [2.05, 4.69) is 21.2 Å². The molecule has 1 aliphatic carbocycles. The largest absolute Gasteiger partial charge is 0.481 e. The Hall–Kier alpha value is -1.89. The second-order valence-corrected chi connectivity index (χ2v) is 5.97. The van der Waals surface area contributed by atoms with Crippen LogP contribution in [0.3, 0.4) is 0 Å². The monoisotopic (exact) mass is 355 g/mol. The van der Waals surface area contributed by atoms with E-state index < -0.39 is 35.7 Å². The number of hydrogen-bond donors (Lipinski definition) is 3. The molecule has 2 rings (SSSR count). The Balaban J connectivity index is 2.13. The zero-order chi connectivity index (χ0) is 15.6. The SMILES string of the molecule is O=C(O)CC(NC(=O)C1(c2ccc(Br)cc2)CC1)C(=O)O. The molecule has 1 aromatic rings. The number of nitrogens with one attached hydrogen (secondary N) is 1. The fourth-order valence-electron chi connectivity index (χ4n) is 2.21. The Morgan fingerprint density at radius 3 is 2.19 bits per heavy atom. The first-order valence-electron chi connectivity index (χ1n) is 6.37. The highest BCUT2D eigenvalue weighted by Crippen LogP contribution is 2.48. The smallest absolute Gasteiger partial charge is 0.326 e. The molecule has 0 aromatic heterocycles. The minimum atomic E-state index is -1.41. The third-order valence-corrected chi connectivity index (χ3v) is 4.09. The van der Waals surface area contributed by atoms with E-state index in [-0.39, 0.29) is 0 Å². The molecule has 1 saturated carbocycles. The van der Waals surface area contributed by atoms with Gasteiger partial charge in [0, 0.05) is 4.47 Å². The molecule has 1 aromatic carbocycles. The lowest BCUT2D eigenvalue weighted by atomic mass is 9.94. The number of aliphatic carboxylic acids is 2. The molecular formula is C14H14BrNO5. The van der Waals surface area contributed by atoms with Gasteiger partial charge < -0.3 is 15.5 Å². The van der Waals surface area contributed by atoms with Gasteiger partial charge in [0.25, 0.3) is 0 Å². The third-order valence-electron chi connectivity index (χ3n) is 3.56. The second kappa shape index (κ2) is 5.85. The summed E-state index contributed by atoms with van der Waals surface area (Å²) in [6, 6.07) is 5.83. The molecule has 1 unspecified atom stereocenters. The van der Waals surface area contributed by atoms with Crippen molar-refractivity contribution in [3.8, 4) is 0 Å². The highest BCUT2D eigenvalue weighted by atomic mass is 79.9. The number of carbonyl (C=O) groups is 3. The van der Waals surface area contributed by atoms with E-state index in [9.17, 15) is 14.4 Å². The minimum absolute atomic E-state index is 0.432. The molecule has 7 heteroatoms. The standard InChI is InChI=1S/C14H14BrNO5/c15-9-3-1-8(2-4-9)14(5-6-14)13(21)16-10(12(19)20)7-11(17)18/h1-4,10H,5-7H2,(H,16,21)(H,17,18)(H,19,20). The van der Waals surface area contributed by atoms with E-state index in [1.807, 2.05) is 24.3 Å². The van der Waals surface area contributed by atoms with Crippen LogP contribution in [0.5, 0.6) is 0 Å². The highest BCUT2D eigenvalue weighted by Gasteiger charge is 2.52. The maximum absolute atomic E-state index is 12.3. The summed E-state index contributed by atoms with van der Waals surface area (Å²) < 4.78 is 0.886. The van der Waals surface area contributed by atoms with Crippen LogP contribution in [0.4, 0.5) is 0 Å². The van der Waals surface area contributed by atoms with Crippen LogP contribution in [0.25, 0.3) is 0 Å². The minimum Gasteiger partial charge on any atom is -0.481 e. The van der Waals surface area contributed by atoms with Crippen LogP contribution in [0.1, 0.15) is 24.8 Å². The lowest BCUT2D eigenvalue weighted by Crippen LogP contribution is -2.46. The Morgan fingerprint density at radius 2 is 1.76 bits per heavy atom. The van der Waals surface area contributed by atoms with Gasteiger partial charge in [-0.3, -0.25) is 9.59 Å². The quantitative estimate of drug-likeness (QED) is 0.717. The summed E-state index contributed by atoms with van der Waals surface area (Å²) in [6.07, 6.45) is 0.608. The lowest BCUT2D eigenvalue weighted by molar-refractivity contribution is -0.147. The zero-order valence-electron chi connectivity index (χ0n) is 11.0. The van der Waals surface area contributed by atoms with Crippen molar-refractivity contribution in [3.05, 3.63) is 34.3 Å². The molecule has 1 amide bonds. The molecule has 1 aliphatic rings. The summed E-state index contributed by atoms with van der Waals surface area (Å²) in [4.78, 5) is 34.0. The molecule has 0 bridgehead atoms. The van der Waals surface area contributed by atoms with Gasteiger partial charge >= 0.3 is 11.9 Å². The lowest BCUT2D eigenvalue weighted by Gasteiger charge is -2.19. The van der Waals surface area contributed by atoms with Crippen molar-refractivity contribution in [1.82, 2.24) is 5.32 Å². The van der Waals surface area contributed by atoms with Crippen molar-refractivity contribution in [2.75, 3.05) is 0 Å². The molecular weight excluding hydrogens is 342 g/mol. The molecule has 0 spiro atoms. The van der Waals surface area contributed by atoms with Crippen molar-refractivity contribution in [2.45, 2.75) is 30.7 Å². The first kappa shape index (κ1) is 15.5. The van der Waals surface area contributed by atoms with Crippen LogP contribution in [0.15, 0.2) is 28.7 Å². The maximum Gasteiger partial charge on any atom is 0.326 e. The van der Waals surface area contributed by atoms with Crippen LogP contribution < -0.4 is 5.32 Å². The Kier molecular flexibility index (Phi) is 4.32. The van der Waals surface area contributed by atoms with Gasteiger partial charge in [-0.05, 0) is 30.5 Å². The predicted molar refractivity (Wildman–Crippen MR) is 76.9 cm³/mol. The van der Waals surface area contributed by atoms with Gasteiger partial charge in [-0.2, -0.15) is 0 Å². The second-order valence-electron chi connectivity index (χ2n) is 5.05. The van der Waals surface area contributed by atoms with Crippen LogP contribution >= 0.6 is 15.9 Å². The number of hydrogen-bond acceptors (Lipinski definition) is 3. The van der Waals surface area contributed by atoms with Gasteiger partial charge in [-0.25, -0.2) is 4.79 Å². The van der Waals surface area contributed by atoms with Crippen molar-refractivity contribution < 1.29 is 24.6 Å². The normalized spacial score (nSPS) is 16.8. The summed E-state index contributed by atoms with van der Waals surface area (Å²) in [5.41, 5.74) is 0.0788. The third kappa shape index (κ3) is 3.41. The average Bonchev–Trinajstić information content (AvgIpc) is 3.19. The summed E-state index contributed by atoms with van der Waals surface area (Å²) in [5.74, 6) is -3.05. The number of amides is 1. The number of carbonyl (C=O) groups excluding carboxylic acids is 1. The van der Waals surface area contributed by atoms with Crippen LogP contribution in [0, 0.1) is 0 Å². The van der Waals surface area contributed by atoms with E-state index in [1.165, 1.54) is 0 Å². The number of carboxylic acids is 2. The van der Waals surface area contributed by atoms with Gasteiger partial charge in [0.15, 0.2) is 0 Å². The van der Waals surface area contributed by atoms with E-state index in [1.54, 1.807) is 0 Å². The van der Waals surface area contributed by atoms with Crippen LogP contribution in [0.2, 0.25) is 0 Å². The Bertz CT molecular complexity index is 580. The molecule has 1 fully saturated rings. The van der Waals surface area contributed by atoms with Crippen molar-refractivity contribution in [2.24, 2.45) is 0 Å². The van der Waals surface area contributed by atoms with Crippen molar-refractivity contribution >= 4 is 33.8 Å². The number of benzene rings is 1. The Labute approximate surface area is 129 Å². The summed E-state index contributed by atoms with van der Waals surface area (Å²) >= 11 is 3.31. The van der Waals surface area contributed by atoms with Gasteiger partial charge in [0.2, 0.25) is 5.91 Å². The maximum atomic E-state index is 12.3. The van der Waals surface area contributed by atoms with Crippen LogP contribution in [-0.2, 0) is 19.8 Å². The molecule has 0 heterocycles. The van der Waals surface area contributed by atoms with E-state index in [0.717, 1.165) is 10.0 Å². The zero-order valence-corrected chi connectivity index (χ0v) is 12.6. The molecule has 0 saturated heterocycles. The van der Waals surface area contributed by atoms with E-state index >= 15 is 0 Å². The fourth-order valence-corrected chi connectivity index (χ4v) is 2.48. The fraction of sp³-hybridized carbons (Fsp3) is 0.357. The molecule has 0 aliphatic heterocycles. The predicted octanol–water partition coefficient (Wildman–Crippen LogP) is 1.52. The molecule has 3 N–H and O–H groups in total. The molecule has 112 valence electrons. The summed E-state index contributed by atoms with van der Waals surface area (Å²) in [7, 11) is 0. The number of carboxylic acid groups (broad SMARTS) is 2. The van der Waals surface area contributed by atoms with Gasteiger partial charge in [-0.15, -0.1) is 0 Å². The van der Waals surface area contributed by atoms with Gasteiger partial charge in [-0.1, -0.05) is 28.1 Å². The highest BCUT2D eigenvalue weighted by molar-refractivity contribution is 9.10. The van der Waals surface area contributed by atoms with E-state index in [4.69, 9.17) is 10.2 Å². The molecule has 1 atom stereocenters. The van der Waals surface area contributed by atoms with Crippen molar-refractivity contribution in [3.63, 3.8) is 0 Å². The Morgan fingerprint density at radius 1 is 1.19 bits per heavy atom. The first-order valence-corrected chi connectivity index (χ1v) is 7.16. The average molecular weight is 356 g/mol. The summed E-state index contributed by atoms with van der Waals surface area (Å²) in [5, 5.41) is 20.0. The topological polar surface area (TPSA) is 104 Å². The van der Waals surface area contributed by atoms with E-state index in [0.29, 0.717) is 12.8 Å². The number of halogens is 1. The van der Waals surface area contributed by atoms with Crippen molar-refractivity contribution in [1.29, 1.82) is 0 Å². The molecule has 21 heavy (non-hydrogen) atoms.